The Morgan fingerprint density at radius 3 is 2.73 bits per heavy atom. The molecule has 0 bridgehead atoms. The van der Waals surface area contributed by atoms with E-state index < -0.39 is 0 Å². The maximum absolute atomic E-state index is 5.96. The molecule has 116 valence electrons. The lowest BCUT2D eigenvalue weighted by atomic mass is 10.1. The number of pyridine rings is 1. The van der Waals surface area contributed by atoms with Gasteiger partial charge in [-0.2, -0.15) is 0 Å². The highest BCUT2D eigenvalue weighted by Gasteiger charge is 2.24. The topological polar surface area (TPSA) is 45.4 Å². The van der Waals surface area contributed by atoms with Crippen LogP contribution in [-0.2, 0) is 6.54 Å². The number of aromatic nitrogens is 1. The van der Waals surface area contributed by atoms with Gasteiger partial charge in [-0.15, -0.1) is 0 Å². The van der Waals surface area contributed by atoms with Crippen LogP contribution in [0.5, 0.6) is 0 Å². The SMILES string of the molecule is CC1CN(Cc2ccccc2)CCN1c1cc(N)c(Cl)cn1. The molecule has 0 radical (unpaired) electrons. The standard InChI is InChI=1S/C17H21ClN4/c1-13-11-21(12-14-5-3-2-4-6-14)7-8-22(13)17-9-16(19)15(18)10-20-17/h2-6,9-10,13H,7-8,11-12H2,1H3,(H2,19,20). The fourth-order valence-electron chi connectivity index (χ4n) is 2.96. The number of hydrogen-bond acceptors (Lipinski definition) is 4. The van der Waals surface area contributed by atoms with Crippen LogP contribution in [0.3, 0.4) is 0 Å². The predicted octanol–water partition coefficient (Wildman–Crippen LogP) is 3.03. The molecule has 3 rings (SSSR count). The van der Waals surface area contributed by atoms with Crippen LogP contribution in [0.4, 0.5) is 11.5 Å². The zero-order valence-electron chi connectivity index (χ0n) is 12.7. The second-order valence-corrected chi connectivity index (χ2v) is 6.23. The van der Waals surface area contributed by atoms with Gasteiger partial charge in [0.25, 0.3) is 0 Å². The summed E-state index contributed by atoms with van der Waals surface area (Å²) in [6, 6.07) is 12.9. The summed E-state index contributed by atoms with van der Waals surface area (Å²) < 4.78 is 0. The van der Waals surface area contributed by atoms with Crippen molar-refractivity contribution in [3.63, 3.8) is 0 Å². The maximum Gasteiger partial charge on any atom is 0.130 e. The number of piperazine rings is 1. The van der Waals surface area contributed by atoms with Gasteiger partial charge in [0.05, 0.1) is 10.7 Å². The normalized spacial score (nSPS) is 19.4. The van der Waals surface area contributed by atoms with Gasteiger partial charge in [0.15, 0.2) is 0 Å². The molecular formula is C17H21ClN4. The van der Waals surface area contributed by atoms with Crippen LogP contribution in [0.1, 0.15) is 12.5 Å². The van der Waals surface area contributed by atoms with Gasteiger partial charge in [-0.05, 0) is 12.5 Å². The Balaban J connectivity index is 1.66. The van der Waals surface area contributed by atoms with E-state index in [1.807, 2.05) is 6.07 Å². The van der Waals surface area contributed by atoms with Crippen molar-refractivity contribution in [2.45, 2.75) is 19.5 Å². The highest BCUT2D eigenvalue weighted by atomic mass is 35.5. The summed E-state index contributed by atoms with van der Waals surface area (Å²) in [5.41, 5.74) is 7.84. The number of nitrogens with two attached hydrogens (primary N) is 1. The van der Waals surface area contributed by atoms with Gasteiger partial charge in [-0.25, -0.2) is 4.98 Å². The Labute approximate surface area is 136 Å². The van der Waals surface area contributed by atoms with E-state index in [0.29, 0.717) is 16.8 Å². The molecule has 2 aromatic rings. The molecule has 1 saturated heterocycles. The van der Waals surface area contributed by atoms with Crippen molar-refractivity contribution < 1.29 is 0 Å². The van der Waals surface area contributed by atoms with Crippen molar-refractivity contribution in [1.29, 1.82) is 0 Å². The molecule has 2 heterocycles. The summed E-state index contributed by atoms with van der Waals surface area (Å²) in [4.78, 5) is 9.20. The molecule has 1 unspecified atom stereocenters. The molecule has 4 nitrogen and oxygen atoms in total. The van der Waals surface area contributed by atoms with Gasteiger partial charge < -0.3 is 10.6 Å². The molecule has 2 N–H and O–H groups in total. The lowest BCUT2D eigenvalue weighted by molar-refractivity contribution is 0.220. The first-order valence-electron chi connectivity index (χ1n) is 7.57. The Morgan fingerprint density at radius 2 is 2.05 bits per heavy atom. The van der Waals surface area contributed by atoms with Gasteiger partial charge in [-0.3, -0.25) is 4.90 Å². The zero-order chi connectivity index (χ0) is 15.5. The average Bonchev–Trinajstić information content (AvgIpc) is 2.51. The van der Waals surface area contributed by atoms with Gasteiger partial charge in [0.1, 0.15) is 5.82 Å². The molecule has 0 aliphatic carbocycles. The van der Waals surface area contributed by atoms with Gasteiger partial charge in [0.2, 0.25) is 0 Å². The van der Waals surface area contributed by atoms with Crippen molar-refractivity contribution in [3.8, 4) is 0 Å². The number of benzene rings is 1. The quantitative estimate of drug-likeness (QED) is 0.945. The van der Waals surface area contributed by atoms with E-state index in [4.69, 9.17) is 17.3 Å². The van der Waals surface area contributed by atoms with Crippen LogP contribution in [0.15, 0.2) is 42.6 Å². The molecule has 0 amide bonds. The molecule has 0 spiro atoms. The lowest BCUT2D eigenvalue weighted by Gasteiger charge is -2.40. The average molecular weight is 317 g/mol. The second-order valence-electron chi connectivity index (χ2n) is 5.83. The summed E-state index contributed by atoms with van der Waals surface area (Å²) in [5, 5.41) is 0.513. The minimum atomic E-state index is 0.394. The number of hydrogen-bond donors (Lipinski definition) is 1. The summed E-state index contributed by atoms with van der Waals surface area (Å²) in [6.45, 7) is 6.20. The maximum atomic E-state index is 5.96. The van der Waals surface area contributed by atoms with Gasteiger partial charge >= 0.3 is 0 Å². The van der Waals surface area contributed by atoms with Crippen molar-refractivity contribution >= 4 is 23.1 Å². The van der Waals surface area contributed by atoms with E-state index in [1.165, 1.54) is 5.56 Å². The number of anilines is 2. The zero-order valence-corrected chi connectivity index (χ0v) is 13.5. The Hall–Kier alpha value is -1.78. The van der Waals surface area contributed by atoms with Crippen LogP contribution in [0, 0.1) is 0 Å². The van der Waals surface area contributed by atoms with E-state index >= 15 is 0 Å². The predicted molar refractivity (Wildman–Crippen MR) is 92.2 cm³/mol. The Bertz CT molecular complexity index is 632. The van der Waals surface area contributed by atoms with Gasteiger partial charge in [-0.1, -0.05) is 41.9 Å². The monoisotopic (exact) mass is 316 g/mol. The van der Waals surface area contributed by atoms with E-state index in [9.17, 15) is 0 Å². The molecule has 1 atom stereocenters. The molecule has 1 aromatic heterocycles. The lowest BCUT2D eigenvalue weighted by Crippen LogP contribution is -2.51. The number of rotatable bonds is 3. The fraction of sp³-hybridized carbons (Fsp3) is 0.353. The third kappa shape index (κ3) is 3.34. The molecule has 1 aromatic carbocycles. The van der Waals surface area contributed by atoms with Crippen molar-refractivity contribution in [2.75, 3.05) is 30.3 Å². The van der Waals surface area contributed by atoms with E-state index in [2.05, 4.69) is 52.0 Å². The Morgan fingerprint density at radius 1 is 1.27 bits per heavy atom. The van der Waals surface area contributed by atoms with E-state index in [1.54, 1.807) is 6.20 Å². The van der Waals surface area contributed by atoms with Crippen LogP contribution in [0.25, 0.3) is 0 Å². The van der Waals surface area contributed by atoms with Crippen LogP contribution in [0.2, 0.25) is 5.02 Å². The molecule has 1 aliphatic heterocycles. The number of nitrogens with zero attached hydrogens (tertiary/aromatic N) is 3. The van der Waals surface area contributed by atoms with E-state index in [-0.39, 0.29) is 0 Å². The second kappa shape index (κ2) is 6.55. The minimum absolute atomic E-state index is 0.394. The van der Waals surface area contributed by atoms with E-state index in [0.717, 1.165) is 32.0 Å². The first kappa shape index (κ1) is 15.1. The summed E-state index contributed by atoms with van der Waals surface area (Å²) in [5.74, 6) is 0.911. The third-order valence-electron chi connectivity index (χ3n) is 4.13. The van der Waals surface area contributed by atoms with Crippen molar-refractivity contribution in [2.24, 2.45) is 0 Å². The number of halogens is 1. The molecular weight excluding hydrogens is 296 g/mol. The first-order chi connectivity index (χ1) is 10.6. The number of nitrogen functional groups attached to an aromatic ring is 1. The van der Waals surface area contributed by atoms with Crippen molar-refractivity contribution in [1.82, 2.24) is 9.88 Å². The third-order valence-corrected chi connectivity index (χ3v) is 4.44. The van der Waals surface area contributed by atoms with Crippen LogP contribution in [-0.4, -0.2) is 35.6 Å². The molecule has 5 heteroatoms. The fourth-order valence-corrected chi connectivity index (χ4v) is 3.06. The highest BCUT2D eigenvalue weighted by Crippen LogP contribution is 2.25. The van der Waals surface area contributed by atoms with Gasteiger partial charge in [0, 0.05) is 44.5 Å². The molecule has 0 saturated carbocycles. The Kier molecular flexibility index (Phi) is 4.50. The molecule has 22 heavy (non-hydrogen) atoms. The van der Waals surface area contributed by atoms with Crippen molar-refractivity contribution in [3.05, 3.63) is 53.2 Å². The van der Waals surface area contributed by atoms with Crippen LogP contribution >= 0.6 is 11.6 Å². The minimum Gasteiger partial charge on any atom is -0.397 e. The summed E-state index contributed by atoms with van der Waals surface area (Å²) in [6.07, 6.45) is 1.63. The first-order valence-corrected chi connectivity index (χ1v) is 7.95. The molecule has 1 fully saturated rings. The highest BCUT2D eigenvalue weighted by molar-refractivity contribution is 6.32. The summed E-state index contributed by atoms with van der Waals surface area (Å²) >= 11 is 5.96. The smallest absolute Gasteiger partial charge is 0.130 e. The largest absolute Gasteiger partial charge is 0.397 e. The van der Waals surface area contributed by atoms with Crippen LogP contribution < -0.4 is 10.6 Å². The molecule has 1 aliphatic rings. The summed E-state index contributed by atoms with van der Waals surface area (Å²) in [7, 11) is 0.